The van der Waals surface area contributed by atoms with E-state index in [2.05, 4.69) is 21.2 Å². The van der Waals surface area contributed by atoms with Gasteiger partial charge in [-0.05, 0) is 48.0 Å². The molecule has 0 aliphatic heterocycles. The highest BCUT2D eigenvalue weighted by Crippen LogP contribution is 2.17. The fourth-order valence-electron chi connectivity index (χ4n) is 1.76. The van der Waals surface area contributed by atoms with Gasteiger partial charge in [-0.15, -0.1) is 0 Å². The van der Waals surface area contributed by atoms with Gasteiger partial charge in [-0.3, -0.25) is 4.79 Å². The normalized spacial score (nSPS) is 10.4. The summed E-state index contributed by atoms with van der Waals surface area (Å²) in [6.45, 7) is 4.79. The molecular weight excluding hydrogens is 292 g/mol. The molecule has 1 heterocycles. The molecule has 2 rings (SSSR count). The molecule has 2 aromatic rings. The van der Waals surface area contributed by atoms with E-state index in [9.17, 15) is 4.79 Å². The maximum atomic E-state index is 12.1. The van der Waals surface area contributed by atoms with E-state index in [1.165, 1.54) is 5.56 Å². The van der Waals surface area contributed by atoms with Gasteiger partial charge in [0.15, 0.2) is 0 Å². The Balaban J connectivity index is 2.19. The predicted octanol–water partition coefficient (Wildman–Crippen LogP) is 3.83. The lowest BCUT2D eigenvalue weighted by Gasteiger charge is -2.07. The quantitative estimate of drug-likeness (QED) is 0.918. The number of amides is 1. The van der Waals surface area contributed by atoms with Gasteiger partial charge in [-0.25, -0.2) is 0 Å². The number of anilines is 1. The van der Waals surface area contributed by atoms with Gasteiger partial charge in [0, 0.05) is 22.9 Å². The second-order valence-electron chi connectivity index (χ2n) is 4.15. The van der Waals surface area contributed by atoms with Gasteiger partial charge >= 0.3 is 0 Å². The van der Waals surface area contributed by atoms with E-state index >= 15 is 0 Å². The molecule has 0 aliphatic carbocycles. The Morgan fingerprint density at radius 2 is 2.00 bits per heavy atom. The van der Waals surface area contributed by atoms with Crippen molar-refractivity contribution in [2.45, 2.75) is 20.4 Å². The Bertz CT molecular complexity index is 558. The van der Waals surface area contributed by atoms with Crippen LogP contribution in [0.4, 0.5) is 5.69 Å². The summed E-state index contributed by atoms with van der Waals surface area (Å²) in [4.78, 5) is 12.1. The number of carbonyl (C=O) groups is 1. The second-order valence-corrected chi connectivity index (χ2v) is 5.07. The second kappa shape index (κ2) is 5.40. The summed E-state index contributed by atoms with van der Waals surface area (Å²) < 4.78 is 2.83. The molecule has 0 aliphatic rings. The third-order valence-electron chi connectivity index (χ3n) is 2.75. The van der Waals surface area contributed by atoms with Crippen LogP contribution in [0.15, 0.2) is 41.0 Å². The van der Waals surface area contributed by atoms with Crippen LogP contribution in [-0.2, 0) is 6.54 Å². The number of halogens is 1. The zero-order chi connectivity index (χ0) is 13.1. The molecule has 3 nitrogen and oxygen atoms in total. The lowest BCUT2D eigenvalue weighted by atomic mass is 10.2. The lowest BCUT2D eigenvalue weighted by molar-refractivity contribution is 0.101. The summed E-state index contributed by atoms with van der Waals surface area (Å²) >= 11 is 3.39. The Kier molecular flexibility index (Phi) is 3.87. The number of aryl methyl sites for hydroxylation is 2. The first-order valence-corrected chi connectivity index (χ1v) is 6.63. The molecule has 1 aromatic heterocycles. The van der Waals surface area contributed by atoms with Crippen LogP contribution in [0.1, 0.15) is 23.0 Å². The number of nitrogens with one attached hydrogen (secondary N) is 1. The molecule has 0 spiro atoms. The Hall–Kier alpha value is -1.55. The standard InChI is InChI=1S/C14H15BrN2O/c1-3-17-9-11(15)8-13(17)14(18)16-12-6-4-10(2)5-7-12/h4-9H,3H2,1-2H3,(H,16,18). The maximum absolute atomic E-state index is 12.1. The first kappa shape index (κ1) is 12.9. The van der Waals surface area contributed by atoms with Crippen molar-refractivity contribution in [3.05, 3.63) is 52.3 Å². The molecule has 1 aromatic carbocycles. The van der Waals surface area contributed by atoms with E-state index in [0.29, 0.717) is 5.69 Å². The van der Waals surface area contributed by atoms with Crippen LogP contribution in [0.5, 0.6) is 0 Å². The number of hydrogen-bond acceptors (Lipinski definition) is 1. The Morgan fingerprint density at radius 1 is 1.33 bits per heavy atom. The van der Waals surface area contributed by atoms with Crippen LogP contribution in [0.2, 0.25) is 0 Å². The maximum Gasteiger partial charge on any atom is 0.272 e. The van der Waals surface area contributed by atoms with Gasteiger partial charge in [0.05, 0.1) is 0 Å². The highest BCUT2D eigenvalue weighted by atomic mass is 79.9. The smallest absolute Gasteiger partial charge is 0.272 e. The minimum atomic E-state index is -0.0913. The molecule has 0 fully saturated rings. The number of nitrogens with zero attached hydrogens (tertiary/aromatic N) is 1. The van der Waals surface area contributed by atoms with Gasteiger partial charge in [0.1, 0.15) is 5.69 Å². The average Bonchev–Trinajstić information content (AvgIpc) is 2.73. The predicted molar refractivity (Wildman–Crippen MR) is 76.9 cm³/mol. The van der Waals surface area contributed by atoms with Crippen LogP contribution in [-0.4, -0.2) is 10.5 Å². The molecule has 4 heteroatoms. The highest BCUT2D eigenvalue weighted by molar-refractivity contribution is 9.10. The van der Waals surface area contributed by atoms with E-state index in [1.54, 1.807) is 0 Å². The van der Waals surface area contributed by atoms with Crippen molar-refractivity contribution in [3.63, 3.8) is 0 Å². The molecule has 0 radical (unpaired) electrons. The van der Waals surface area contributed by atoms with E-state index in [4.69, 9.17) is 0 Å². The fraction of sp³-hybridized carbons (Fsp3) is 0.214. The lowest BCUT2D eigenvalue weighted by Crippen LogP contribution is -2.16. The molecular formula is C14H15BrN2O. The molecule has 94 valence electrons. The van der Waals surface area contributed by atoms with Crippen molar-refractivity contribution in [3.8, 4) is 0 Å². The molecule has 1 amide bonds. The van der Waals surface area contributed by atoms with Crippen molar-refractivity contribution >= 4 is 27.5 Å². The summed E-state index contributed by atoms with van der Waals surface area (Å²) in [7, 11) is 0. The van der Waals surface area contributed by atoms with Crippen molar-refractivity contribution in [2.24, 2.45) is 0 Å². The summed E-state index contributed by atoms with van der Waals surface area (Å²) in [6, 6.07) is 9.59. The zero-order valence-corrected chi connectivity index (χ0v) is 12.0. The van der Waals surface area contributed by atoms with Crippen LogP contribution < -0.4 is 5.32 Å². The third-order valence-corrected chi connectivity index (χ3v) is 3.18. The van der Waals surface area contributed by atoms with E-state index in [1.807, 2.05) is 54.9 Å². The number of benzene rings is 1. The van der Waals surface area contributed by atoms with Crippen LogP contribution in [0.25, 0.3) is 0 Å². The SMILES string of the molecule is CCn1cc(Br)cc1C(=O)Nc1ccc(C)cc1. The van der Waals surface area contributed by atoms with Crippen molar-refractivity contribution in [1.29, 1.82) is 0 Å². The van der Waals surface area contributed by atoms with Crippen LogP contribution in [0, 0.1) is 6.92 Å². The van der Waals surface area contributed by atoms with Crippen LogP contribution in [0.3, 0.4) is 0 Å². The molecule has 0 unspecified atom stereocenters. The minimum Gasteiger partial charge on any atom is -0.343 e. The first-order valence-electron chi connectivity index (χ1n) is 5.84. The summed E-state index contributed by atoms with van der Waals surface area (Å²) in [5.74, 6) is -0.0913. The van der Waals surface area contributed by atoms with E-state index in [0.717, 1.165) is 16.7 Å². The minimum absolute atomic E-state index is 0.0913. The Labute approximate surface area is 115 Å². The van der Waals surface area contributed by atoms with Crippen molar-refractivity contribution in [2.75, 3.05) is 5.32 Å². The molecule has 18 heavy (non-hydrogen) atoms. The van der Waals surface area contributed by atoms with Gasteiger partial charge in [0.25, 0.3) is 5.91 Å². The molecule has 0 saturated carbocycles. The van der Waals surface area contributed by atoms with Gasteiger partial charge in [0.2, 0.25) is 0 Å². The molecule has 0 bridgehead atoms. The summed E-state index contributed by atoms with van der Waals surface area (Å²) in [5.41, 5.74) is 2.64. The number of carbonyl (C=O) groups excluding carboxylic acids is 1. The number of aromatic nitrogens is 1. The molecule has 0 saturated heterocycles. The summed E-state index contributed by atoms with van der Waals surface area (Å²) in [5, 5.41) is 2.89. The number of hydrogen-bond donors (Lipinski definition) is 1. The molecule has 0 atom stereocenters. The van der Waals surface area contributed by atoms with E-state index in [-0.39, 0.29) is 5.91 Å². The summed E-state index contributed by atoms with van der Waals surface area (Å²) in [6.07, 6.45) is 1.91. The highest BCUT2D eigenvalue weighted by Gasteiger charge is 2.12. The van der Waals surface area contributed by atoms with Gasteiger partial charge in [-0.2, -0.15) is 0 Å². The monoisotopic (exact) mass is 306 g/mol. The first-order chi connectivity index (χ1) is 8.60. The fourth-order valence-corrected chi connectivity index (χ4v) is 2.22. The van der Waals surface area contributed by atoms with Crippen molar-refractivity contribution in [1.82, 2.24) is 4.57 Å². The number of rotatable bonds is 3. The van der Waals surface area contributed by atoms with Crippen LogP contribution >= 0.6 is 15.9 Å². The Morgan fingerprint density at radius 3 is 2.61 bits per heavy atom. The average molecular weight is 307 g/mol. The van der Waals surface area contributed by atoms with E-state index < -0.39 is 0 Å². The zero-order valence-electron chi connectivity index (χ0n) is 10.4. The molecule has 1 N–H and O–H groups in total. The van der Waals surface area contributed by atoms with Gasteiger partial charge < -0.3 is 9.88 Å². The topological polar surface area (TPSA) is 34.0 Å². The largest absolute Gasteiger partial charge is 0.343 e. The van der Waals surface area contributed by atoms with Crippen molar-refractivity contribution < 1.29 is 4.79 Å². The van der Waals surface area contributed by atoms with Gasteiger partial charge in [-0.1, -0.05) is 17.7 Å². The third kappa shape index (κ3) is 2.82.